The number of halogens is 2. The lowest BCUT2D eigenvalue weighted by molar-refractivity contribution is 0.770. The number of pyridine rings is 1. The minimum atomic E-state index is 0.364. The second-order valence-electron chi connectivity index (χ2n) is 4.73. The minimum Gasteiger partial charge on any atom is -0.307 e. The first-order valence-electron chi connectivity index (χ1n) is 6.29. The van der Waals surface area contributed by atoms with Crippen molar-refractivity contribution in [2.45, 2.75) is 19.3 Å². The quantitative estimate of drug-likeness (QED) is 0.680. The van der Waals surface area contributed by atoms with Crippen LogP contribution in [0.2, 0.25) is 5.02 Å². The molecular weight excluding hydrogens is 293 g/mol. The smallest absolute Gasteiger partial charge is 0.160 e. The number of hydrogen-bond acceptors (Lipinski definition) is 2. The zero-order chi connectivity index (χ0) is 14.1. The van der Waals surface area contributed by atoms with Crippen LogP contribution in [0.25, 0.3) is 11.2 Å². The van der Waals surface area contributed by atoms with Gasteiger partial charge in [-0.15, -0.1) is 11.6 Å². The van der Waals surface area contributed by atoms with E-state index in [0.717, 1.165) is 33.1 Å². The highest BCUT2D eigenvalue weighted by molar-refractivity contribution is 6.30. The Labute approximate surface area is 127 Å². The monoisotopic (exact) mass is 305 g/mol. The number of benzene rings is 1. The fraction of sp³-hybridized carbons (Fsp3) is 0.200. The van der Waals surface area contributed by atoms with E-state index >= 15 is 0 Å². The van der Waals surface area contributed by atoms with Crippen molar-refractivity contribution in [3.05, 3.63) is 58.5 Å². The molecule has 3 rings (SSSR count). The summed E-state index contributed by atoms with van der Waals surface area (Å²) in [5.41, 5.74) is 3.98. The number of rotatable bonds is 3. The normalized spacial score (nSPS) is 11.2. The third kappa shape index (κ3) is 2.51. The highest BCUT2D eigenvalue weighted by atomic mass is 35.5. The molecule has 102 valence electrons. The summed E-state index contributed by atoms with van der Waals surface area (Å²) in [6.45, 7) is 2.69. The van der Waals surface area contributed by atoms with E-state index in [-0.39, 0.29) is 0 Å². The van der Waals surface area contributed by atoms with Crippen molar-refractivity contribution < 1.29 is 0 Å². The molecule has 0 aliphatic rings. The molecule has 0 unspecified atom stereocenters. The molecule has 3 aromatic rings. The van der Waals surface area contributed by atoms with Crippen LogP contribution in [-0.2, 0) is 12.4 Å². The summed E-state index contributed by atoms with van der Waals surface area (Å²) < 4.78 is 2.05. The van der Waals surface area contributed by atoms with Gasteiger partial charge in [-0.1, -0.05) is 23.7 Å². The second-order valence-corrected chi connectivity index (χ2v) is 5.43. The van der Waals surface area contributed by atoms with Crippen LogP contribution in [-0.4, -0.2) is 14.5 Å². The van der Waals surface area contributed by atoms with Crippen molar-refractivity contribution in [1.29, 1.82) is 0 Å². The number of alkyl halides is 1. The number of imidazole rings is 1. The number of fused-ring (bicyclic) bond motifs is 1. The fourth-order valence-electron chi connectivity index (χ4n) is 2.20. The third-order valence-electron chi connectivity index (χ3n) is 3.17. The molecule has 0 N–H and O–H groups in total. The first-order valence-corrected chi connectivity index (χ1v) is 7.21. The molecule has 0 atom stereocenters. The predicted octanol–water partition coefficient (Wildman–Crippen LogP) is 4.18. The zero-order valence-electron chi connectivity index (χ0n) is 11.0. The van der Waals surface area contributed by atoms with Crippen LogP contribution in [0, 0.1) is 6.92 Å². The summed E-state index contributed by atoms with van der Waals surface area (Å²) in [4.78, 5) is 9.03. The maximum atomic E-state index is 6.00. The van der Waals surface area contributed by atoms with E-state index in [1.54, 1.807) is 0 Å². The van der Waals surface area contributed by atoms with Gasteiger partial charge in [0.1, 0.15) is 11.3 Å². The Balaban J connectivity index is 2.07. The molecule has 0 aliphatic heterocycles. The van der Waals surface area contributed by atoms with E-state index in [0.29, 0.717) is 12.4 Å². The van der Waals surface area contributed by atoms with E-state index in [2.05, 4.69) is 9.97 Å². The topological polar surface area (TPSA) is 30.7 Å². The van der Waals surface area contributed by atoms with Gasteiger partial charge in [-0.3, -0.25) is 0 Å². The second kappa shape index (κ2) is 5.43. The van der Waals surface area contributed by atoms with Crippen molar-refractivity contribution in [3.8, 4) is 0 Å². The van der Waals surface area contributed by atoms with Crippen LogP contribution >= 0.6 is 23.2 Å². The Kier molecular flexibility index (Phi) is 3.64. The van der Waals surface area contributed by atoms with Crippen LogP contribution in [0.15, 0.2) is 36.5 Å². The first-order chi connectivity index (χ1) is 9.67. The maximum absolute atomic E-state index is 6.00. The third-order valence-corrected chi connectivity index (χ3v) is 3.67. The van der Waals surface area contributed by atoms with Crippen LogP contribution in [0.5, 0.6) is 0 Å². The number of nitrogens with zero attached hydrogens (tertiary/aromatic N) is 3. The Hall–Kier alpha value is -1.58. The van der Waals surface area contributed by atoms with Crippen LogP contribution in [0.1, 0.15) is 17.0 Å². The lowest BCUT2D eigenvalue weighted by Gasteiger charge is -2.07. The molecule has 0 aliphatic carbocycles. The Morgan fingerprint density at radius 1 is 1.20 bits per heavy atom. The summed E-state index contributed by atoms with van der Waals surface area (Å²) in [6.07, 6.45) is 1.85. The average Bonchev–Trinajstić information content (AvgIpc) is 2.78. The SMILES string of the molecule is Cc1cnc2c(c1)nc(CCl)n2Cc1ccc(Cl)cc1. The number of hydrogen-bond donors (Lipinski definition) is 0. The summed E-state index contributed by atoms with van der Waals surface area (Å²) in [5, 5.41) is 0.732. The summed E-state index contributed by atoms with van der Waals surface area (Å²) in [6, 6.07) is 9.79. The molecule has 0 saturated carbocycles. The first kappa shape index (κ1) is 13.4. The Morgan fingerprint density at radius 2 is 1.95 bits per heavy atom. The molecule has 1 aromatic carbocycles. The fourth-order valence-corrected chi connectivity index (χ4v) is 2.53. The maximum Gasteiger partial charge on any atom is 0.160 e. The van der Waals surface area contributed by atoms with Gasteiger partial charge in [0.15, 0.2) is 5.65 Å². The van der Waals surface area contributed by atoms with Crippen LogP contribution in [0.3, 0.4) is 0 Å². The van der Waals surface area contributed by atoms with Gasteiger partial charge in [-0.05, 0) is 36.2 Å². The molecule has 0 bridgehead atoms. The molecule has 2 heterocycles. The molecule has 0 radical (unpaired) electrons. The van der Waals surface area contributed by atoms with Gasteiger partial charge < -0.3 is 4.57 Å². The summed E-state index contributed by atoms with van der Waals surface area (Å²) in [7, 11) is 0. The predicted molar refractivity (Wildman–Crippen MR) is 82.4 cm³/mol. The highest BCUT2D eigenvalue weighted by Gasteiger charge is 2.11. The molecule has 3 nitrogen and oxygen atoms in total. The van der Waals surface area contributed by atoms with Crippen LogP contribution < -0.4 is 0 Å². The number of aryl methyl sites for hydroxylation is 1. The largest absolute Gasteiger partial charge is 0.307 e. The number of aromatic nitrogens is 3. The lowest BCUT2D eigenvalue weighted by atomic mass is 10.2. The van der Waals surface area contributed by atoms with Crippen molar-refractivity contribution in [2.75, 3.05) is 0 Å². The lowest BCUT2D eigenvalue weighted by Crippen LogP contribution is -2.04. The highest BCUT2D eigenvalue weighted by Crippen LogP contribution is 2.19. The molecule has 0 spiro atoms. The minimum absolute atomic E-state index is 0.364. The van der Waals surface area contributed by atoms with Gasteiger partial charge in [0.2, 0.25) is 0 Å². The molecule has 5 heteroatoms. The summed E-state index contributed by atoms with van der Waals surface area (Å²) in [5.74, 6) is 1.19. The van der Waals surface area contributed by atoms with E-state index < -0.39 is 0 Å². The van der Waals surface area contributed by atoms with Gasteiger partial charge >= 0.3 is 0 Å². The van der Waals surface area contributed by atoms with Gasteiger partial charge in [-0.25, -0.2) is 9.97 Å². The van der Waals surface area contributed by atoms with Crippen molar-refractivity contribution >= 4 is 34.4 Å². The molecule has 2 aromatic heterocycles. The van der Waals surface area contributed by atoms with Gasteiger partial charge in [0.25, 0.3) is 0 Å². The molecular formula is C15H13Cl2N3. The standard InChI is InChI=1S/C15H13Cl2N3/c1-10-6-13-15(18-8-10)20(14(7-16)19-13)9-11-2-4-12(17)5-3-11/h2-6,8H,7,9H2,1H3. The van der Waals surface area contributed by atoms with Crippen molar-refractivity contribution in [3.63, 3.8) is 0 Å². The van der Waals surface area contributed by atoms with Crippen LogP contribution in [0.4, 0.5) is 0 Å². The summed E-state index contributed by atoms with van der Waals surface area (Å²) >= 11 is 11.9. The van der Waals surface area contributed by atoms with Crippen molar-refractivity contribution in [1.82, 2.24) is 14.5 Å². The molecule has 0 saturated heterocycles. The van der Waals surface area contributed by atoms with E-state index in [1.165, 1.54) is 0 Å². The van der Waals surface area contributed by atoms with Gasteiger partial charge in [0, 0.05) is 11.2 Å². The van der Waals surface area contributed by atoms with Crippen molar-refractivity contribution in [2.24, 2.45) is 0 Å². The average molecular weight is 306 g/mol. The zero-order valence-corrected chi connectivity index (χ0v) is 12.5. The van der Waals surface area contributed by atoms with Gasteiger partial charge in [-0.2, -0.15) is 0 Å². The van der Waals surface area contributed by atoms with Gasteiger partial charge in [0.05, 0.1) is 12.4 Å². The van der Waals surface area contributed by atoms with E-state index in [1.807, 2.05) is 48.0 Å². The molecule has 0 amide bonds. The van der Waals surface area contributed by atoms with E-state index in [4.69, 9.17) is 23.2 Å². The van der Waals surface area contributed by atoms with E-state index in [9.17, 15) is 0 Å². The Bertz CT molecular complexity index is 748. The molecule has 0 fully saturated rings. The molecule has 20 heavy (non-hydrogen) atoms. The Morgan fingerprint density at radius 3 is 2.65 bits per heavy atom.